The molecule has 0 bridgehead atoms. The molecule has 5 heterocycles. The average molecular weight is 603 g/mol. The van der Waals surface area contributed by atoms with Gasteiger partial charge in [-0.3, -0.25) is 9.88 Å². The molecule has 2 N–H and O–H groups in total. The van der Waals surface area contributed by atoms with Gasteiger partial charge in [0.15, 0.2) is 5.82 Å². The van der Waals surface area contributed by atoms with Gasteiger partial charge < -0.3 is 20.1 Å². The molecule has 1 aliphatic carbocycles. The minimum atomic E-state index is -2.20. The number of hydrogen-bond acceptors (Lipinski definition) is 8. The van der Waals surface area contributed by atoms with E-state index in [4.69, 9.17) is 24.4 Å². The van der Waals surface area contributed by atoms with Crippen molar-refractivity contribution in [2.45, 2.75) is 43.4 Å². The topological polar surface area (TPSA) is 89.6 Å². The fraction of sp³-hybridized carbons (Fsp3) is 0.424. The van der Waals surface area contributed by atoms with Gasteiger partial charge in [-0.1, -0.05) is 12.0 Å². The third kappa shape index (κ3) is 4.19. The number of halogens is 3. The zero-order valence-electron chi connectivity index (χ0n) is 25.8. The zero-order chi connectivity index (χ0) is 32.0. The molecular weight excluding hydrogens is 569 g/mol. The molecule has 226 valence electrons. The molecule has 3 aliphatic heterocycles. The van der Waals surface area contributed by atoms with Crippen molar-refractivity contribution in [1.29, 1.82) is 0 Å². The second-order valence-corrected chi connectivity index (χ2v) is 12.0. The van der Waals surface area contributed by atoms with Gasteiger partial charge in [0.1, 0.15) is 35.6 Å². The number of rotatable bonds is 5. The van der Waals surface area contributed by atoms with Crippen molar-refractivity contribution < 1.29 is 25.4 Å². The highest BCUT2D eigenvalue weighted by molar-refractivity contribution is 6.03. The first-order chi connectivity index (χ1) is 22.1. The predicted molar refractivity (Wildman–Crippen MR) is 161 cm³/mol. The second-order valence-electron chi connectivity index (χ2n) is 12.0. The Morgan fingerprint density at radius 3 is 2.80 bits per heavy atom. The molecular formula is C33H31F3N6O2. The first-order valence-corrected chi connectivity index (χ1v) is 14.9. The zero-order valence-corrected chi connectivity index (χ0v) is 23.8. The van der Waals surface area contributed by atoms with Crippen molar-refractivity contribution in [2.75, 3.05) is 50.0 Å². The first-order valence-electron chi connectivity index (χ1n) is 15.9. The summed E-state index contributed by atoms with van der Waals surface area (Å²) in [6.45, 7) is 0.144. The maximum absolute atomic E-state index is 16.9. The van der Waals surface area contributed by atoms with Gasteiger partial charge in [0.2, 0.25) is 0 Å². The summed E-state index contributed by atoms with van der Waals surface area (Å²) in [5.74, 6) is 0.626. The molecule has 44 heavy (non-hydrogen) atoms. The van der Waals surface area contributed by atoms with Crippen LogP contribution in [0.3, 0.4) is 0 Å². The summed E-state index contributed by atoms with van der Waals surface area (Å²) in [5.41, 5.74) is 5.32. The van der Waals surface area contributed by atoms with Crippen LogP contribution in [-0.4, -0.2) is 77.0 Å². The molecule has 2 aromatic heterocycles. The van der Waals surface area contributed by atoms with Crippen molar-refractivity contribution in [3.05, 3.63) is 47.7 Å². The molecule has 0 radical (unpaired) electrons. The summed E-state index contributed by atoms with van der Waals surface area (Å²) in [6.07, 6.45) is 8.78. The van der Waals surface area contributed by atoms with Crippen molar-refractivity contribution in [3.63, 3.8) is 0 Å². The van der Waals surface area contributed by atoms with E-state index < -0.39 is 35.9 Å². The number of pyridine rings is 1. The van der Waals surface area contributed by atoms with Crippen LogP contribution < -0.4 is 15.4 Å². The molecule has 3 atom stereocenters. The van der Waals surface area contributed by atoms with Gasteiger partial charge in [-0.25, -0.2) is 13.2 Å². The van der Waals surface area contributed by atoms with E-state index in [1.165, 1.54) is 24.4 Å². The van der Waals surface area contributed by atoms with Crippen LogP contribution in [0.5, 0.6) is 6.01 Å². The monoisotopic (exact) mass is 602 g/mol. The number of alkyl halides is 1. The fourth-order valence-electron chi connectivity index (χ4n) is 7.37. The van der Waals surface area contributed by atoms with Gasteiger partial charge in [-0.05, 0) is 62.4 Å². The Morgan fingerprint density at radius 2 is 2.00 bits per heavy atom. The lowest BCUT2D eigenvalue weighted by molar-refractivity contribution is 0.108. The molecule has 4 fully saturated rings. The third-order valence-corrected chi connectivity index (χ3v) is 9.56. The molecule has 1 saturated carbocycles. The summed E-state index contributed by atoms with van der Waals surface area (Å²) < 4.78 is 76.5. The smallest absolute Gasteiger partial charge is 0.319 e. The Kier molecular flexibility index (Phi) is 5.85. The molecule has 4 aliphatic rings. The van der Waals surface area contributed by atoms with Gasteiger partial charge in [-0.15, -0.1) is 6.42 Å². The van der Waals surface area contributed by atoms with E-state index in [1.807, 2.05) is 0 Å². The third-order valence-electron chi connectivity index (χ3n) is 9.56. The normalized spacial score (nSPS) is 25.2. The molecule has 0 amide bonds. The van der Waals surface area contributed by atoms with Gasteiger partial charge >= 0.3 is 6.01 Å². The molecule has 8 nitrogen and oxygen atoms in total. The Labute approximate surface area is 255 Å². The van der Waals surface area contributed by atoms with Gasteiger partial charge in [0.05, 0.1) is 38.5 Å². The number of nitrogens with zero attached hydrogens (tertiary/aromatic N) is 5. The number of fused-ring (bicyclic) bond motifs is 4. The van der Waals surface area contributed by atoms with Crippen LogP contribution in [0.1, 0.15) is 34.0 Å². The quantitative estimate of drug-likeness (QED) is 0.256. The van der Waals surface area contributed by atoms with E-state index in [0.717, 1.165) is 25.9 Å². The lowest BCUT2D eigenvalue weighted by Crippen LogP contribution is -2.43. The molecule has 8 rings (SSSR count). The summed E-state index contributed by atoms with van der Waals surface area (Å²) in [4.78, 5) is 17.3. The highest BCUT2D eigenvalue weighted by atomic mass is 19.1. The summed E-state index contributed by atoms with van der Waals surface area (Å²) in [6, 6.07) is 4.90. The highest BCUT2D eigenvalue weighted by Crippen LogP contribution is 2.45. The number of aromatic nitrogens is 3. The van der Waals surface area contributed by atoms with Crippen molar-refractivity contribution in [1.82, 2.24) is 19.9 Å². The Morgan fingerprint density at radius 1 is 1.18 bits per heavy atom. The van der Waals surface area contributed by atoms with E-state index in [9.17, 15) is 8.78 Å². The standard InChI is InChI=1S/C33H31F3N6O2/c1-2-20-24(34)6-5-18-13-19(37)14-21(25(18)20)28-27(36)29-22(15-38-28)31(42-11-12-43-16-23-26(35)30(23)42)40-32(39-29)44-17-33-7-3-9-41(33)10-4-8-33/h1,5-6,13-15,23,26,30H,3-4,7-12,16-17,37H2/t23-,26-,30-/m0/s1/i17D2. The minimum Gasteiger partial charge on any atom is -0.461 e. The number of hydrogen-bond donors (Lipinski definition) is 1. The van der Waals surface area contributed by atoms with Crippen molar-refractivity contribution in [3.8, 4) is 29.6 Å². The van der Waals surface area contributed by atoms with Crippen LogP contribution in [0.2, 0.25) is 0 Å². The molecule has 0 unspecified atom stereocenters. The number of nitrogen functional groups attached to an aromatic ring is 1. The van der Waals surface area contributed by atoms with Crippen LogP contribution in [0, 0.1) is 29.9 Å². The predicted octanol–water partition coefficient (Wildman–Crippen LogP) is 4.87. The van der Waals surface area contributed by atoms with E-state index in [0.29, 0.717) is 24.8 Å². The van der Waals surface area contributed by atoms with Gasteiger partial charge in [0, 0.05) is 35.3 Å². The number of terminal acetylenes is 1. The SMILES string of the molecule is [2H]C([2H])(Oc1nc(N2CCOC[C@H]3[C@H](F)[C@H]32)c2cnc(-c3cc(N)cc4ccc(F)c(C#C)c34)c(F)c2n1)C12CCCN1CCC2. The van der Waals surface area contributed by atoms with Gasteiger partial charge in [0.25, 0.3) is 0 Å². The minimum absolute atomic E-state index is 0.0651. The van der Waals surface area contributed by atoms with E-state index in [2.05, 4.69) is 25.8 Å². The van der Waals surface area contributed by atoms with Crippen LogP contribution in [0.25, 0.3) is 32.9 Å². The first kappa shape index (κ1) is 25.2. The lowest BCUT2D eigenvalue weighted by Gasteiger charge is -2.31. The van der Waals surface area contributed by atoms with Crippen LogP contribution in [0.4, 0.5) is 24.7 Å². The largest absolute Gasteiger partial charge is 0.461 e. The van der Waals surface area contributed by atoms with Crippen LogP contribution >= 0.6 is 0 Å². The molecule has 11 heteroatoms. The van der Waals surface area contributed by atoms with Gasteiger partial charge in [-0.2, -0.15) is 9.97 Å². The maximum atomic E-state index is 16.9. The Hall–Kier alpha value is -4.14. The van der Waals surface area contributed by atoms with Crippen molar-refractivity contribution >= 4 is 33.2 Å². The number of ether oxygens (including phenoxy) is 2. The second kappa shape index (κ2) is 10.2. The molecule has 0 spiro atoms. The summed E-state index contributed by atoms with van der Waals surface area (Å²) in [7, 11) is 0. The number of anilines is 2. The highest BCUT2D eigenvalue weighted by Gasteiger charge is 2.56. The Balaban J connectivity index is 1.33. The summed E-state index contributed by atoms with van der Waals surface area (Å²) in [5, 5.41) is 0.949. The molecule has 3 saturated heterocycles. The van der Waals surface area contributed by atoms with Crippen LogP contribution in [-0.2, 0) is 4.74 Å². The average Bonchev–Trinajstić information content (AvgIpc) is 3.28. The van der Waals surface area contributed by atoms with Crippen LogP contribution in [0.15, 0.2) is 30.5 Å². The van der Waals surface area contributed by atoms with E-state index in [1.54, 1.807) is 11.0 Å². The van der Waals surface area contributed by atoms with Crippen molar-refractivity contribution in [2.24, 2.45) is 5.92 Å². The number of nitrogens with two attached hydrogens (primary N) is 1. The summed E-state index contributed by atoms with van der Waals surface area (Å²) >= 11 is 0. The lowest BCUT2D eigenvalue weighted by atomic mass is 9.95. The number of benzene rings is 2. The Bertz CT molecular complexity index is 1950. The van der Waals surface area contributed by atoms with E-state index in [-0.39, 0.29) is 69.7 Å². The molecule has 2 aromatic carbocycles. The fourth-order valence-corrected chi connectivity index (χ4v) is 7.37. The molecule has 4 aromatic rings. The van der Waals surface area contributed by atoms with E-state index >= 15 is 4.39 Å². The maximum Gasteiger partial charge on any atom is 0.319 e.